The molecule has 2 fully saturated rings. The van der Waals surface area contributed by atoms with E-state index in [0.29, 0.717) is 0 Å². The van der Waals surface area contributed by atoms with Crippen molar-refractivity contribution in [3.8, 4) is 0 Å². The molecule has 5 heteroatoms. The molecular formula is C12H26Cl2O2Ti. The van der Waals surface area contributed by atoms with Crippen LogP contribution in [0.5, 0.6) is 0 Å². The van der Waals surface area contributed by atoms with Gasteiger partial charge in [0.15, 0.2) is 0 Å². The van der Waals surface area contributed by atoms with Gasteiger partial charge >= 0.3 is 0 Å². The molecule has 0 spiro atoms. The minimum atomic E-state index is 0. The zero-order valence-corrected chi connectivity index (χ0v) is 13.6. The summed E-state index contributed by atoms with van der Waals surface area (Å²) in [6.45, 7) is 0. The van der Waals surface area contributed by atoms with Gasteiger partial charge in [0.1, 0.15) is 0 Å². The van der Waals surface area contributed by atoms with Crippen molar-refractivity contribution >= 4 is 24.8 Å². The Morgan fingerprint density at radius 3 is 0.882 bits per heavy atom. The molecule has 2 rings (SSSR count). The van der Waals surface area contributed by atoms with E-state index in [2.05, 4.69) is 0 Å². The Morgan fingerprint density at radius 1 is 0.529 bits per heavy atom. The van der Waals surface area contributed by atoms with Crippen LogP contribution < -0.4 is 0 Å². The molecule has 2 saturated carbocycles. The predicted molar refractivity (Wildman–Crippen MR) is 72.7 cm³/mol. The van der Waals surface area contributed by atoms with E-state index in [4.69, 9.17) is 10.2 Å². The van der Waals surface area contributed by atoms with Crippen molar-refractivity contribution < 1.29 is 31.9 Å². The second kappa shape index (κ2) is 15.3. The van der Waals surface area contributed by atoms with Crippen molar-refractivity contribution in [1.82, 2.24) is 0 Å². The van der Waals surface area contributed by atoms with Crippen molar-refractivity contribution in [3.05, 3.63) is 0 Å². The third kappa shape index (κ3) is 13.4. The number of rotatable bonds is 0. The second-order valence-electron chi connectivity index (χ2n) is 4.58. The number of hydrogen-bond donors (Lipinski definition) is 2. The van der Waals surface area contributed by atoms with E-state index in [0.717, 1.165) is 25.7 Å². The van der Waals surface area contributed by atoms with Gasteiger partial charge in [-0.2, -0.15) is 0 Å². The van der Waals surface area contributed by atoms with Crippen LogP contribution >= 0.6 is 24.8 Å². The second-order valence-corrected chi connectivity index (χ2v) is 4.58. The summed E-state index contributed by atoms with van der Waals surface area (Å²) >= 11 is 0. The fraction of sp³-hybridized carbons (Fsp3) is 1.00. The van der Waals surface area contributed by atoms with Gasteiger partial charge in [-0.15, -0.1) is 24.8 Å². The Morgan fingerprint density at radius 2 is 0.765 bits per heavy atom. The first-order valence-electron chi connectivity index (χ1n) is 6.15. The van der Waals surface area contributed by atoms with Crippen LogP contribution in [0.25, 0.3) is 0 Å². The summed E-state index contributed by atoms with van der Waals surface area (Å²) in [5.74, 6) is 0. The molecule has 2 nitrogen and oxygen atoms in total. The molecule has 0 bridgehead atoms. The molecule has 104 valence electrons. The SMILES string of the molecule is Cl.Cl.OC1CCCCC1.OC1CCCCC1.[Ti]. The standard InChI is InChI=1S/2C6H12O.2ClH.Ti/c2*7-6-4-2-1-3-5-6;;;/h2*6-7H,1-5H2;2*1H;. The van der Waals surface area contributed by atoms with E-state index < -0.39 is 0 Å². The molecule has 17 heavy (non-hydrogen) atoms. The van der Waals surface area contributed by atoms with Gasteiger partial charge in [-0.1, -0.05) is 38.5 Å². The summed E-state index contributed by atoms with van der Waals surface area (Å²) < 4.78 is 0. The Bertz CT molecular complexity index is 122. The minimum Gasteiger partial charge on any atom is -0.393 e. The zero-order chi connectivity index (χ0) is 10.2. The number of aliphatic hydroxyl groups excluding tert-OH is 2. The largest absolute Gasteiger partial charge is 0.393 e. The van der Waals surface area contributed by atoms with E-state index in [9.17, 15) is 0 Å². The fourth-order valence-electron chi connectivity index (χ4n) is 2.16. The van der Waals surface area contributed by atoms with Gasteiger partial charge in [0.05, 0.1) is 12.2 Å². The van der Waals surface area contributed by atoms with Crippen LogP contribution in [-0.4, -0.2) is 22.4 Å². The summed E-state index contributed by atoms with van der Waals surface area (Å²) in [6.07, 6.45) is 11.8. The third-order valence-corrected chi connectivity index (χ3v) is 3.15. The summed E-state index contributed by atoms with van der Waals surface area (Å²) in [6, 6.07) is 0. The van der Waals surface area contributed by atoms with Gasteiger partial charge in [0, 0.05) is 21.7 Å². The number of aliphatic hydroxyl groups is 2. The van der Waals surface area contributed by atoms with Crippen LogP contribution in [-0.2, 0) is 21.7 Å². The van der Waals surface area contributed by atoms with Gasteiger partial charge in [-0.05, 0) is 25.7 Å². The third-order valence-electron chi connectivity index (χ3n) is 3.15. The molecule has 0 aromatic heterocycles. The predicted octanol–water partition coefficient (Wildman–Crippen LogP) is 3.46. The van der Waals surface area contributed by atoms with Crippen molar-refractivity contribution in [3.63, 3.8) is 0 Å². The first-order valence-corrected chi connectivity index (χ1v) is 6.15. The molecule has 0 radical (unpaired) electrons. The Labute approximate surface area is 133 Å². The average molecular weight is 321 g/mol. The molecule has 0 atom stereocenters. The van der Waals surface area contributed by atoms with Gasteiger partial charge < -0.3 is 10.2 Å². The normalized spacial score (nSPS) is 20.8. The Hall–Kier alpha value is 1.21. The molecule has 2 N–H and O–H groups in total. The van der Waals surface area contributed by atoms with Gasteiger partial charge in [-0.25, -0.2) is 0 Å². The van der Waals surface area contributed by atoms with Crippen LogP contribution in [0.15, 0.2) is 0 Å². The van der Waals surface area contributed by atoms with Crippen LogP contribution in [0.1, 0.15) is 64.2 Å². The van der Waals surface area contributed by atoms with Gasteiger partial charge in [0.25, 0.3) is 0 Å². The van der Waals surface area contributed by atoms with Crippen molar-refractivity contribution in [2.45, 2.75) is 76.4 Å². The first kappa shape index (κ1) is 23.3. The molecule has 0 aromatic carbocycles. The molecule has 0 amide bonds. The monoisotopic (exact) mass is 320 g/mol. The number of halogens is 2. The van der Waals surface area contributed by atoms with Crippen molar-refractivity contribution in [2.24, 2.45) is 0 Å². The van der Waals surface area contributed by atoms with E-state index >= 15 is 0 Å². The maximum Gasteiger partial charge on any atom is 0.0540 e. The van der Waals surface area contributed by atoms with Crippen LogP contribution in [0.4, 0.5) is 0 Å². The van der Waals surface area contributed by atoms with E-state index in [1.165, 1.54) is 38.5 Å². The van der Waals surface area contributed by atoms with Crippen LogP contribution in [0.3, 0.4) is 0 Å². The fourth-order valence-corrected chi connectivity index (χ4v) is 2.16. The average Bonchev–Trinajstić information content (AvgIpc) is 2.21. The Kier molecular flexibility index (Phi) is 20.9. The molecule has 2 aliphatic carbocycles. The smallest absolute Gasteiger partial charge is 0.0540 e. The zero-order valence-electron chi connectivity index (χ0n) is 10.4. The van der Waals surface area contributed by atoms with E-state index in [1.54, 1.807) is 0 Å². The molecule has 0 aliphatic heterocycles. The first-order chi connectivity index (χ1) is 6.79. The van der Waals surface area contributed by atoms with E-state index in [-0.39, 0.29) is 58.7 Å². The van der Waals surface area contributed by atoms with Crippen LogP contribution in [0, 0.1) is 0 Å². The molecule has 0 unspecified atom stereocenters. The van der Waals surface area contributed by atoms with Crippen LogP contribution in [0.2, 0.25) is 0 Å². The van der Waals surface area contributed by atoms with Crippen molar-refractivity contribution in [1.29, 1.82) is 0 Å². The van der Waals surface area contributed by atoms with Gasteiger partial charge in [-0.3, -0.25) is 0 Å². The minimum absolute atomic E-state index is 0. The molecular weight excluding hydrogens is 295 g/mol. The van der Waals surface area contributed by atoms with E-state index in [1.807, 2.05) is 0 Å². The summed E-state index contributed by atoms with van der Waals surface area (Å²) in [5, 5.41) is 17.8. The molecule has 0 aromatic rings. The Balaban J connectivity index is -0.000000196. The summed E-state index contributed by atoms with van der Waals surface area (Å²) in [5.41, 5.74) is 0. The van der Waals surface area contributed by atoms with Crippen molar-refractivity contribution in [2.75, 3.05) is 0 Å². The quantitative estimate of drug-likeness (QED) is 0.671. The van der Waals surface area contributed by atoms with Gasteiger partial charge in [0.2, 0.25) is 0 Å². The summed E-state index contributed by atoms with van der Waals surface area (Å²) in [7, 11) is 0. The maximum absolute atomic E-state index is 8.91. The topological polar surface area (TPSA) is 40.5 Å². The molecule has 0 saturated heterocycles. The number of hydrogen-bond acceptors (Lipinski definition) is 2. The maximum atomic E-state index is 8.91. The molecule has 0 heterocycles. The molecule has 2 aliphatic rings. The summed E-state index contributed by atoms with van der Waals surface area (Å²) in [4.78, 5) is 0.